The van der Waals surface area contributed by atoms with Gasteiger partial charge in [0.05, 0.1) is 12.3 Å². The van der Waals surface area contributed by atoms with E-state index >= 15 is 0 Å². The zero-order valence-corrected chi connectivity index (χ0v) is 13.4. The van der Waals surface area contributed by atoms with Crippen LogP contribution in [0.4, 0.5) is 0 Å². The number of aromatic amines is 1. The molecule has 1 aromatic carbocycles. The average molecular weight is 299 g/mol. The first-order valence-corrected chi connectivity index (χ1v) is 8.20. The van der Waals surface area contributed by atoms with Crippen LogP contribution < -0.4 is 10.1 Å². The molecule has 1 fully saturated rings. The fourth-order valence-corrected chi connectivity index (χ4v) is 2.85. The van der Waals surface area contributed by atoms with Crippen molar-refractivity contribution in [1.82, 2.24) is 15.5 Å². The zero-order chi connectivity index (χ0) is 15.4. The number of nitrogens with zero attached hydrogens (tertiary/aromatic N) is 1. The minimum Gasteiger partial charge on any atom is -0.493 e. The molecule has 1 atom stereocenters. The van der Waals surface area contributed by atoms with E-state index in [1.807, 2.05) is 0 Å². The summed E-state index contributed by atoms with van der Waals surface area (Å²) in [6, 6.07) is 10.6. The second-order valence-electron chi connectivity index (χ2n) is 6.33. The standard InChI is InChI=1S/C18H25N3O/c1-13(2)14-3-5-17(6-4-14)22-10-8-16-11-18(21-20-16)15-7-9-19-12-15/h3-6,11,13,15,19H,7-10,12H2,1-2H3,(H,20,21). The number of H-pyrrole nitrogens is 1. The molecule has 2 heterocycles. The summed E-state index contributed by atoms with van der Waals surface area (Å²) in [5.41, 5.74) is 3.68. The third-order valence-electron chi connectivity index (χ3n) is 4.32. The van der Waals surface area contributed by atoms with Gasteiger partial charge in [-0.05, 0) is 42.6 Å². The van der Waals surface area contributed by atoms with Gasteiger partial charge in [-0.15, -0.1) is 0 Å². The minimum absolute atomic E-state index is 0.558. The number of ether oxygens (including phenoxy) is 1. The van der Waals surface area contributed by atoms with E-state index in [1.54, 1.807) is 0 Å². The molecule has 4 heteroatoms. The topological polar surface area (TPSA) is 49.9 Å². The molecule has 0 spiro atoms. The molecule has 1 aliphatic heterocycles. The number of nitrogens with one attached hydrogen (secondary N) is 2. The van der Waals surface area contributed by atoms with Crippen LogP contribution in [0, 0.1) is 0 Å². The maximum Gasteiger partial charge on any atom is 0.119 e. The van der Waals surface area contributed by atoms with Crippen molar-refractivity contribution in [3.63, 3.8) is 0 Å². The fraction of sp³-hybridized carbons (Fsp3) is 0.500. The van der Waals surface area contributed by atoms with Crippen molar-refractivity contribution in [2.24, 2.45) is 0 Å². The second-order valence-corrected chi connectivity index (χ2v) is 6.33. The predicted octanol–water partition coefficient (Wildman–Crippen LogP) is 3.23. The van der Waals surface area contributed by atoms with Gasteiger partial charge >= 0.3 is 0 Å². The van der Waals surface area contributed by atoms with E-state index in [-0.39, 0.29) is 0 Å². The van der Waals surface area contributed by atoms with E-state index in [9.17, 15) is 0 Å². The number of aromatic nitrogens is 2. The summed E-state index contributed by atoms with van der Waals surface area (Å²) < 4.78 is 5.82. The van der Waals surface area contributed by atoms with Gasteiger partial charge in [-0.1, -0.05) is 26.0 Å². The van der Waals surface area contributed by atoms with Crippen LogP contribution in [0.1, 0.15) is 49.1 Å². The van der Waals surface area contributed by atoms with Gasteiger partial charge in [0.15, 0.2) is 0 Å². The SMILES string of the molecule is CC(C)c1ccc(OCCc2cc(C3CCNC3)n[nH]2)cc1. The Morgan fingerprint density at radius 2 is 2.09 bits per heavy atom. The lowest BCUT2D eigenvalue weighted by molar-refractivity contribution is 0.320. The zero-order valence-electron chi connectivity index (χ0n) is 13.4. The van der Waals surface area contributed by atoms with Gasteiger partial charge < -0.3 is 10.1 Å². The first-order valence-electron chi connectivity index (χ1n) is 8.20. The van der Waals surface area contributed by atoms with Crippen LogP contribution in [0.2, 0.25) is 0 Å². The monoisotopic (exact) mass is 299 g/mol. The second kappa shape index (κ2) is 6.97. The summed E-state index contributed by atoms with van der Waals surface area (Å²) in [6.07, 6.45) is 2.04. The highest BCUT2D eigenvalue weighted by atomic mass is 16.5. The molecule has 2 aromatic rings. The molecule has 1 aliphatic rings. The molecule has 0 bridgehead atoms. The van der Waals surface area contributed by atoms with Crippen molar-refractivity contribution in [1.29, 1.82) is 0 Å². The lowest BCUT2D eigenvalue weighted by Crippen LogP contribution is -2.08. The molecule has 0 amide bonds. The normalized spacial score (nSPS) is 18.0. The summed E-state index contributed by atoms with van der Waals surface area (Å²) in [7, 11) is 0. The van der Waals surface area contributed by atoms with Crippen LogP contribution in [0.25, 0.3) is 0 Å². The van der Waals surface area contributed by atoms with Crippen LogP contribution in [0.15, 0.2) is 30.3 Å². The van der Waals surface area contributed by atoms with E-state index < -0.39 is 0 Å². The fourth-order valence-electron chi connectivity index (χ4n) is 2.85. The van der Waals surface area contributed by atoms with Gasteiger partial charge in [0.1, 0.15) is 5.75 Å². The third-order valence-corrected chi connectivity index (χ3v) is 4.32. The Hall–Kier alpha value is -1.81. The Labute approximate surface area is 132 Å². The maximum atomic E-state index is 5.82. The van der Waals surface area contributed by atoms with E-state index in [1.165, 1.54) is 17.7 Å². The Morgan fingerprint density at radius 1 is 1.27 bits per heavy atom. The highest BCUT2D eigenvalue weighted by Crippen LogP contribution is 2.21. The summed E-state index contributed by atoms with van der Waals surface area (Å²) in [6.45, 7) is 7.22. The van der Waals surface area contributed by atoms with Gasteiger partial charge in [-0.25, -0.2) is 0 Å². The van der Waals surface area contributed by atoms with Gasteiger partial charge in [0.25, 0.3) is 0 Å². The number of hydrogen-bond acceptors (Lipinski definition) is 3. The maximum absolute atomic E-state index is 5.82. The quantitative estimate of drug-likeness (QED) is 0.861. The first-order chi connectivity index (χ1) is 10.7. The molecule has 3 rings (SSSR count). The summed E-state index contributed by atoms with van der Waals surface area (Å²) in [5.74, 6) is 2.06. The summed E-state index contributed by atoms with van der Waals surface area (Å²) in [5, 5.41) is 10.9. The van der Waals surface area contributed by atoms with Gasteiger partial charge in [0.2, 0.25) is 0 Å². The molecule has 118 valence electrons. The van der Waals surface area contributed by atoms with E-state index in [0.717, 1.165) is 31.0 Å². The van der Waals surface area contributed by atoms with Crippen molar-refractivity contribution < 1.29 is 4.74 Å². The van der Waals surface area contributed by atoms with Gasteiger partial charge in [-0.2, -0.15) is 5.10 Å². The van der Waals surface area contributed by atoms with Crippen LogP contribution in [-0.4, -0.2) is 29.9 Å². The van der Waals surface area contributed by atoms with Crippen LogP contribution in [0.3, 0.4) is 0 Å². The Balaban J connectivity index is 1.48. The third kappa shape index (κ3) is 3.69. The molecule has 1 aromatic heterocycles. The van der Waals surface area contributed by atoms with Crippen molar-refractivity contribution in [2.75, 3.05) is 19.7 Å². The van der Waals surface area contributed by atoms with Crippen LogP contribution in [-0.2, 0) is 6.42 Å². The Kier molecular flexibility index (Phi) is 4.78. The lowest BCUT2D eigenvalue weighted by Gasteiger charge is -2.08. The molecule has 4 nitrogen and oxygen atoms in total. The summed E-state index contributed by atoms with van der Waals surface area (Å²) >= 11 is 0. The predicted molar refractivity (Wildman–Crippen MR) is 88.5 cm³/mol. The molecule has 0 saturated carbocycles. The molecule has 0 radical (unpaired) electrons. The average Bonchev–Trinajstić information content (AvgIpc) is 3.19. The highest BCUT2D eigenvalue weighted by molar-refractivity contribution is 5.29. The smallest absolute Gasteiger partial charge is 0.119 e. The molecule has 1 unspecified atom stereocenters. The molecular weight excluding hydrogens is 274 g/mol. The molecular formula is C18H25N3O. The van der Waals surface area contributed by atoms with E-state index in [4.69, 9.17) is 4.74 Å². The summed E-state index contributed by atoms with van der Waals surface area (Å²) in [4.78, 5) is 0. The molecule has 2 N–H and O–H groups in total. The molecule has 0 aliphatic carbocycles. The highest BCUT2D eigenvalue weighted by Gasteiger charge is 2.19. The van der Waals surface area contributed by atoms with Gasteiger partial charge in [0, 0.05) is 24.6 Å². The number of hydrogen-bond donors (Lipinski definition) is 2. The van der Waals surface area contributed by atoms with Gasteiger partial charge in [-0.3, -0.25) is 5.10 Å². The first kappa shape index (κ1) is 15.1. The lowest BCUT2D eigenvalue weighted by atomic mass is 10.0. The molecule has 1 saturated heterocycles. The van der Waals surface area contributed by atoms with Crippen LogP contribution in [0.5, 0.6) is 5.75 Å². The van der Waals surface area contributed by atoms with Crippen molar-refractivity contribution in [3.8, 4) is 5.75 Å². The number of rotatable bonds is 6. The largest absolute Gasteiger partial charge is 0.493 e. The Bertz CT molecular complexity index is 583. The Morgan fingerprint density at radius 3 is 2.77 bits per heavy atom. The molecule has 22 heavy (non-hydrogen) atoms. The van der Waals surface area contributed by atoms with Crippen LogP contribution >= 0.6 is 0 Å². The van der Waals surface area contributed by atoms with E-state index in [2.05, 4.69) is 59.7 Å². The van der Waals surface area contributed by atoms with Crippen molar-refractivity contribution >= 4 is 0 Å². The van der Waals surface area contributed by atoms with Crippen molar-refractivity contribution in [3.05, 3.63) is 47.3 Å². The number of benzene rings is 1. The van der Waals surface area contributed by atoms with E-state index in [0.29, 0.717) is 18.4 Å². The minimum atomic E-state index is 0.558. The van der Waals surface area contributed by atoms with Crippen molar-refractivity contribution in [2.45, 2.75) is 38.5 Å².